The van der Waals surface area contributed by atoms with Crippen LogP contribution in [0.2, 0.25) is 0 Å². The Morgan fingerprint density at radius 1 is 0.739 bits per heavy atom. The van der Waals surface area contributed by atoms with Gasteiger partial charge in [-0.2, -0.15) is 0 Å². The highest BCUT2D eigenvalue weighted by molar-refractivity contribution is 8.00. The van der Waals surface area contributed by atoms with Gasteiger partial charge in [0.05, 0.1) is 11.5 Å². The minimum absolute atomic E-state index is 0.0104. The molecule has 0 atom stereocenters. The van der Waals surface area contributed by atoms with E-state index in [1.54, 1.807) is 0 Å². The largest absolute Gasteiger partial charge is 0.343 e. The molecule has 23 heavy (non-hydrogen) atoms. The van der Waals surface area contributed by atoms with Gasteiger partial charge < -0.3 is 9.68 Å². The predicted octanol–water partition coefficient (Wildman–Crippen LogP) is -1.07. The number of thioether (sulfide) groups is 1. The number of nitrogens with zero attached hydrogens (tertiary/aromatic N) is 2. The first-order valence-corrected chi connectivity index (χ1v) is 7.75. The van der Waals surface area contributed by atoms with Crippen LogP contribution in [0.5, 0.6) is 0 Å². The molecule has 2 saturated heterocycles. The van der Waals surface area contributed by atoms with Gasteiger partial charge in [0.15, 0.2) is 0 Å². The fraction of sp³-hybridized carbons (Fsp3) is 0.500. The van der Waals surface area contributed by atoms with Gasteiger partial charge >= 0.3 is 11.9 Å². The Morgan fingerprint density at radius 2 is 1.04 bits per heavy atom. The van der Waals surface area contributed by atoms with Crippen LogP contribution in [0.3, 0.4) is 0 Å². The van der Waals surface area contributed by atoms with Crippen molar-refractivity contribution in [2.24, 2.45) is 0 Å². The van der Waals surface area contributed by atoms with Crippen LogP contribution in [0, 0.1) is 0 Å². The number of amides is 4. The Balaban J connectivity index is 1.68. The average Bonchev–Trinajstić information content (AvgIpc) is 2.97. The molecule has 2 aliphatic heterocycles. The Labute approximate surface area is 133 Å². The Kier molecular flexibility index (Phi) is 5.32. The molecular weight excluding hydrogens is 332 g/mol. The lowest BCUT2D eigenvalue weighted by atomic mass is 10.4. The summed E-state index contributed by atoms with van der Waals surface area (Å²) < 4.78 is 0. The van der Waals surface area contributed by atoms with Crippen molar-refractivity contribution in [2.75, 3.05) is 11.5 Å². The molecular formula is C12H12N2O8S. The summed E-state index contributed by atoms with van der Waals surface area (Å²) in [6.07, 6.45) is -0.0418. The van der Waals surface area contributed by atoms with Gasteiger partial charge in [-0.25, -0.2) is 9.59 Å². The zero-order chi connectivity index (χ0) is 17.0. The fourth-order valence-electron chi connectivity index (χ4n) is 1.79. The van der Waals surface area contributed by atoms with Crippen LogP contribution in [-0.4, -0.2) is 57.2 Å². The van der Waals surface area contributed by atoms with Gasteiger partial charge in [-0.05, 0) is 0 Å². The number of rotatable bonds is 6. The van der Waals surface area contributed by atoms with Crippen LogP contribution in [0.1, 0.15) is 25.7 Å². The maximum atomic E-state index is 11.5. The molecule has 0 unspecified atom stereocenters. The number of carbonyl (C=O) groups is 6. The zero-order valence-corrected chi connectivity index (χ0v) is 12.6. The number of imide groups is 2. The first-order chi connectivity index (χ1) is 10.9. The van der Waals surface area contributed by atoms with Crippen LogP contribution in [0.15, 0.2) is 0 Å². The molecule has 124 valence electrons. The normalized spacial score (nSPS) is 17.9. The minimum Gasteiger partial charge on any atom is -0.329 e. The summed E-state index contributed by atoms with van der Waals surface area (Å²) in [4.78, 5) is 77.0. The molecule has 0 spiro atoms. The maximum Gasteiger partial charge on any atom is 0.343 e. The second kappa shape index (κ2) is 7.22. The molecule has 2 aliphatic rings. The standard InChI is InChI=1S/C12H12N2O8S/c15-7-1-2-8(16)13(7)21-11(19)5-23-6-12(20)22-14-9(17)3-4-10(14)18/h1-6H2. The van der Waals surface area contributed by atoms with Crippen molar-refractivity contribution in [3.05, 3.63) is 0 Å². The van der Waals surface area contributed by atoms with E-state index in [2.05, 4.69) is 9.68 Å². The lowest BCUT2D eigenvalue weighted by molar-refractivity contribution is -0.195. The molecule has 0 N–H and O–H groups in total. The number of hydrogen-bond donors (Lipinski definition) is 0. The van der Waals surface area contributed by atoms with E-state index in [0.29, 0.717) is 10.1 Å². The quantitative estimate of drug-likeness (QED) is 0.553. The number of hydrogen-bond acceptors (Lipinski definition) is 9. The summed E-state index contributed by atoms with van der Waals surface area (Å²) in [6, 6.07) is 0. The molecule has 2 rings (SSSR count). The molecule has 2 heterocycles. The van der Waals surface area contributed by atoms with Gasteiger partial charge in [-0.1, -0.05) is 0 Å². The first kappa shape index (κ1) is 16.9. The van der Waals surface area contributed by atoms with Crippen molar-refractivity contribution >= 4 is 47.3 Å². The van der Waals surface area contributed by atoms with E-state index in [1.165, 1.54) is 0 Å². The van der Waals surface area contributed by atoms with Crippen molar-refractivity contribution in [3.63, 3.8) is 0 Å². The summed E-state index contributed by atoms with van der Waals surface area (Å²) in [5.41, 5.74) is 0. The van der Waals surface area contributed by atoms with Crippen LogP contribution in [0.4, 0.5) is 0 Å². The Morgan fingerprint density at radius 3 is 1.35 bits per heavy atom. The highest BCUT2D eigenvalue weighted by Gasteiger charge is 2.34. The highest BCUT2D eigenvalue weighted by Crippen LogP contribution is 2.15. The molecule has 0 aromatic heterocycles. The van der Waals surface area contributed by atoms with Gasteiger partial charge in [-0.3, -0.25) is 19.2 Å². The molecule has 10 nitrogen and oxygen atoms in total. The topological polar surface area (TPSA) is 127 Å². The SMILES string of the molecule is O=C(CSCC(=O)ON1C(=O)CCC1=O)ON1C(=O)CCC1=O. The van der Waals surface area contributed by atoms with Crippen molar-refractivity contribution < 1.29 is 38.4 Å². The van der Waals surface area contributed by atoms with E-state index in [4.69, 9.17) is 0 Å². The van der Waals surface area contributed by atoms with Crippen LogP contribution < -0.4 is 0 Å². The van der Waals surface area contributed by atoms with E-state index < -0.39 is 35.6 Å². The molecule has 0 aromatic rings. The third-order valence-electron chi connectivity index (χ3n) is 2.84. The second-order valence-corrected chi connectivity index (χ2v) is 5.57. The number of hydroxylamine groups is 4. The summed E-state index contributed by atoms with van der Waals surface area (Å²) in [5.74, 6) is -4.77. The van der Waals surface area contributed by atoms with Crippen molar-refractivity contribution in [3.8, 4) is 0 Å². The molecule has 0 radical (unpaired) electrons. The highest BCUT2D eigenvalue weighted by atomic mass is 32.2. The number of carbonyl (C=O) groups excluding carboxylic acids is 6. The van der Waals surface area contributed by atoms with Crippen molar-refractivity contribution in [1.29, 1.82) is 0 Å². The molecule has 0 aromatic carbocycles. The lowest BCUT2D eigenvalue weighted by Gasteiger charge is -2.13. The summed E-state index contributed by atoms with van der Waals surface area (Å²) in [5, 5.41) is 0.811. The van der Waals surface area contributed by atoms with Crippen LogP contribution >= 0.6 is 11.8 Å². The van der Waals surface area contributed by atoms with E-state index in [1.807, 2.05) is 0 Å². The van der Waals surface area contributed by atoms with E-state index in [0.717, 1.165) is 11.8 Å². The summed E-state index contributed by atoms with van der Waals surface area (Å²) in [7, 11) is 0. The monoisotopic (exact) mass is 344 g/mol. The van der Waals surface area contributed by atoms with Gasteiger partial charge in [0.2, 0.25) is 0 Å². The third-order valence-corrected chi connectivity index (χ3v) is 3.72. The fourth-order valence-corrected chi connectivity index (χ4v) is 2.33. The molecule has 0 saturated carbocycles. The smallest absolute Gasteiger partial charge is 0.329 e. The van der Waals surface area contributed by atoms with Gasteiger partial charge in [-0.15, -0.1) is 21.9 Å². The van der Waals surface area contributed by atoms with E-state index in [9.17, 15) is 28.8 Å². The summed E-state index contributed by atoms with van der Waals surface area (Å²) in [6.45, 7) is 0. The second-order valence-electron chi connectivity index (χ2n) is 4.58. The minimum atomic E-state index is -0.875. The lowest BCUT2D eigenvalue weighted by Crippen LogP contribution is -2.33. The predicted molar refractivity (Wildman–Crippen MR) is 71.7 cm³/mol. The van der Waals surface area contributed by atoms with Crippen molar-refractivity contribution in [1.82, 2.24) is 10.1 Å². The van der Waals surface area contributed by atoms with Gasteiger partial charge in [0.1, 0.15) is 0 Å². The van der Waals surface area contributed by atoms with Crippen LogP contribution in [0.25, 0.3) is 0 Å². The average molecular weight is 344 g/mol. The molecule has 11 heteroatoms. The maximum absolute atomic E-state index is 11.5. The van der Waals surface area contributed by atoms with Gasteiger partial charge in [0.25, 0.3) is 23.6 Å². The molecule has 2 fully saturated rings. The van der Waals surface area contributed by atoms with E-state index in [-0.39, 0.29) is 37.2 Å². The van der Waals surface area contributed by atoms with Crippen LogP contribution in [-0.2, 0) is 38.4 Å². The Bertz CT molecular complexity index is 508. The molecule has 0 aliphatic carbocycles. The molecule has 0 bridgehead atoms. The van der Waals surface area contributed by atoms with E-state index >= 15 is 0 Å². The first-order valence-electron chi connectivity index (χ1n) is 6.59. The molecule has 4 amide bonds. The van der Waals surface area contributed by atoms with Crippen molar-refractivity contribution in [2.45, 2.75) is 25.7 Å². The Hall–Kier alpha value is -2.43. The zero-order valence-electron chi connectivity index (χ0n) is 11.8. The third kappa shape index (κ3) is 4.28. The van der Waals surface area contributed by atoms with Gasteiger partial charge in [0, 0.05) is 25.7 Å². The summed E-state index contributed by atoms with van der Waals surface area (Å²) >= 11 is 0.793.